The predicted octanol–water partition coefficient (Wildman–Crippen LogP) is 4.99. The summed E-state index contributed by atoms with van der Waals surface area (Å²) >= 11 is 0. The molecule has 3 heterocycles. The van der Waals surface area contributed by atoms with Gasteiger partial charge in [-0.1, -0.05) is 42.5 Å². The minimum absolute atomic E-state index is 0.368. The van der Waals surface area contributed by atoms with Crippen molar-refractivity contribution >= 4 is 33.4 Å². The summed E-state index contributed by atoms with van der Waals surface area (Å²) in [5, 5.41) is 2.44. The number of nitrogens with zero attached hydrogens (tertiary/aromatic N) is 3. The first kappa shape index (κ1) is 16.9. The number of hydrogen-bond acceptors (Lipinski definition) is 3. The number of rotatable bonds is 4. The molecule has 1 atom stereocenters. The van der Waals surface area contributed by atoms with E-state index in [2.05, 4.69) is 82.0 Å². The second-order valence-electron chi connectivity index (χ2n) is 7.42. The number of aromatic amines is 1. The van der Waals surface area contributed by atoms with Gasteiger partial charge >= 0.3 is 0 Å². The second kappa shape index (κ2) is 7.04. The largest absolute Gasteiger partial charge is 0.353 e. The number of anilines is 2. The summed E-state index contributed by atoms with van der Waals surface area (Å²) in [6, 6.07) is 23.7. The molecule has 1 saturated heterocycles. The molecule has 0 spiro atoms. The number of piperazine rings is 1. The zero-order chi connectivity index (χ0) is 18.9. The number of benzene rings is 2. The summed E-state index contributed by atoms with van der Waals surface area (Å²) in [5.41, 5.74) is 2.24. The van der Waals surface area contributed by atoms with Crippen LogP contribution in [0.1, 0.15) is 6.42 Å². The van der Waals surface area contributed by atoms with Crippen molar-refractivity contribution in [3.63, 3.8) is 0 Å². The van der Waals surface area contributed by atoms with Crippen LogP contribution in [0.2, 0.25) is 0 Å². The molecule has 0 aliphatic carbocycles. The minimum Gasteiger partial charge on any atom is -0.353 e. The van der Waals surface area contributed by atoms with Crippen molar-refractivity contribution in [3.05, 3.63) is 79.4 Å². The van der Waals surface area contributed by atoms with Crippen LogP contribution >= 0.6 is 0 Å². The Bertz CT molecular complexity index is 1100. The van der Waals surface area contributed by atoms with Crippen molar-refractivity contribution in [2.75, 3.05) is 29.4 Å². The number of pyridine rings is 1. The SMILES string of the molecule is C=CCC1CN(c2ccc3ccccc3n2)CCN1c1cc2ccccc2[nH]1. The third kappa shape index (κ3) is 3.01. The van der Waals surface area contributed by atoms with Gasteiger partial charge < -0.3 is 14.8 Å². The molecule has 0 amide bonds. The first-order valence-corrected chi connectivity index (χ1v) is 9.88. The van der Waals surface area contributed by atoms with Gasteiger partial charge in [0.2, 0.25) is 0 Å². The molecular formula is C24H24N4. The Morgan fingerprint density at radius 2 is 1.82 bits per heavy atom. The van der Waals surface area contributed by atoms with Gasteiger partial charge in [0.15, 0.2) is 0 Å². The number of para-hydroxylation sites is 2. The van der Waals surface area contributed by atoms with Crippen molar-refractivity contribution in [2.24, 2.45) is 0 Å². The Hall–Kier alpha value is -3.27. The summed E-state index contributed by atoms with van der Waals surface area (Å²) in [6.45, 7) is 6.84. The summed E-state index contributed by atoms with van der Waals surface area (Å²) in [6.07, 6.45) is 2.97. The summed E-state index contributed by atoms with van der Waals surface area (Å²) in [5.74, 6) is 2.25. The highest BCUT2D eigenvalue weighted by Crippen LogP contribution is 2.28. The van der Waals surface area contributed by atoms with Gasteiger partial charge in [0.1, 0.15) is 11.6 Å². The molecule has 0 radical (unpaired) electrons. The molecular weight excluding hydrogens is 344 g/mol. The molecule has 28 heavy (non-hydrogen) atoms. The highest BCUT2D eigenvalue weighted by molar-refractivity contribution is 5.84. The third-order valence-corrected chi connectivity index (χ3v) is 5.65. The lowest BCUT2D eigenvalue weighted by molar-refractivity contribution is 0.518. The van der Waals surface area contributed by atoms with Crippen molar-refractivity contribution in [3.8, 4) is 0 Å². The fraction of sp³-hybridized carbons (Fsp3) is 0.208. The van der Waals surface area contributed by atoms with Crippen molar-refractivity contribution in [1.82, 2.24) is 9.97 Å². The van der Waals surface area contributed by atoms with Crippen LogP contribution in [-0.4, -0.2) is 35.6 Å². The molecule has 1 N–H and O–H groups in total. The number of H-pyrrole nitrogens is 1. The highest BCUT2D eigenvalue weighted by Gasteiger charge is 2.28. The maximum Gasteiger partial charge on any atom is 0.129 e. The molecule has 4 heteroatoms. The van der Waals surface area contributed by atoms with Crippen LogP contribution < -0.4 is 9.80 Å². The number of hydrogen-bond donors (Lipinski definition) is 1. The molecule has 4 aromatic rings. The first-order chi connectivity index (χ1) is 13.8. The molecule has 0 bridgehead atoms. The molecule has 1 fully saturated rings. The van der Waals surface area contributed by atoms with Crippen LogP contribution in [0, 0.1) is 0 Å². The average molecular weight is 368 g/mol. The van der Waals surface area contributed by atoms with E-state index >= 15 is 0 Å². The van der Waals surface area contributed by atoms with Gasteiger partial charge in [0.25, 0.3) is 0 Å². The van der Waals surface area contributed by atoms with Gasteiger partial charge in [-0.3, -0.25) is 0 Å². The summed E-state index contributed by atoms with van der Waals surface area (Å²) in [4.78, 5) is 13.4. The zero-order valence-corrected chi connectivity index (χ0v) is 15.9. The molecule has 1 aliphatic rings. The molecule has 1 unspecified atom stereocenters. The van der Waals surface area contributed by atoms with E-state index in [1.165, 1.54) is 22.1 Å². The van der Waals surface area contributed by atoms with Gasteiger partial charge in [-0.2, -0.15) is 0 Å². The molecule has 2 aromatic heterocycles. The lowest BCUT2D eigenvalue weighted by Gasteiger charge is -2.42. The van der Waals surface area contributed by atoms with E-state index in [0.717, 1.165) is 37.4 Å². The molecule has 5 rings (SSSR count). The molecule has 1 aliphatic heterocycles. The highest BCUT2D eigenvalue weighted by atomic mass is 15.3. The Labute approximate surface area is 165 Å². The van der Waals surface area contributed by atoms with Crippen LogP contribution in [0.25, 0.3) is 21.8 Å². The zero-order valence-electron chi connectivity index (χ0n) is 15.9. The Balaban J connectivity index is 1.43. The van der Waals surface area contributed by atoms with Crippen molar-refractivity contribution in [1.29, 1.82) is 0 Å². The van der Waals surface area contributed by atoms with Crippen LogP contribution in [0.4, 0.5) is 11.6 Å². The lowest BCUT2D eigenvalue weighted by Crippen LogP contribution is -2.53. The fourth-order valence-corrected chi connectivity index (χ4v) is 4.22. The smallest absolute Gasteiger partial charge is 0.129 e. The Kier molecular flexibility index (Phi) is 4.24. The lowest BCUT2D eigenvalue weighted by atomic mass is 10.1. The monoisotopic (exact) mass is 368 g/mol. The maximum atomic E-state index is 4.90. The van der Waals surface area contributed by atoms with E-state index in [4.69, 9.17) is 4.98 Å². The second-order valence-corrected chi connectivity index (χ2v) is 7.42. The van der Waals surface area contributed by atoms with Crippen LogP contribution in [0.5, 0.6) is 0 Å². The first-order valence-electron chi connectivity index (χ1n) is 9.88. The maximum absolute atomic E-state index is 4.90. The van der Waals surface area contributed by atoms with E-state index in [1.807, 2.05) is 12.1 Å². The van der Waals surface area contributed by atoms with Gasteiger partial charge in [0, 0.05) is 35.9 Å². The van der Waals surface area contributed by atoms with E-state index in [9.17, 15) is 0 Å². The number of fused-ring (bicyclic) bond motifs is 2. The summed E-state index contributed by atoms with van der Waals surface area (Å²) < 4.78 is 0. The quantitative estimate of drug-likeness (QED) is 0.516. The fourth-order valence-electron chi connectivity index (χ4n) is 4.22. The van der Waals surface area contributed by atoms with Crippen LogP contribution in [0.3, 0.4) is 0 Å². The topological polar surface area (TPSA) is 35.2 Å². The average Bonchev–Trinajstić information content (AvgIpc) is 3.17. The molecule has 2 aromatic carbocycles. The summed E-state index contributed by atoms with van der Waals surface area (Å²) in [7, 11) is 0. The Morgan fingerprint density at radius 3 is 2.68 bits per heavy atom. The predicted molar refractivity (Wildman–Crippen MR) is 118 cm³/mol. The van der Waals surface area contributed by atoms with Crippen molar-refractivity contribution < 1.29 is 0 Å². The normalized spacial score (nSPS) is 17.4. The van der Waals surface area contributed by atoms with Crippen LogP contribution in [-0.2, 0) is 0 Å². The van der Waals surface area contributed by atoms with Gasteiger partial charge in [0.05, 0.1) is 11.6 Å². The van der Waals surface area contributed by atoms with Crippen molar-refractivity contribution in [2.45, 2.75) is 12.5 Å². The van der Waals surface area contributed by atoms with Gasteiger partial charge in [-0.05, 0) is 36.8 Å². The molecule has 4 nitrogen and oxygen atoms in total. The van der Waals surface area contributed by atoms with Crippen LogP contribution in [0.15, 0.2) is 79.4 Å². The number of nitrogens with one attached hydrogen (secondary N) is 1. The van der Waals surface area contributed by atoms with Gasteiger partial charge in [-0.25, -0.2) is 4.98 Å². The standard InChI is InChI=1S/C24H24N4/c1-2-7-20-17-27(23-13-12-18-8-3-5-10-21(18)25-23)14-15-28(20)24-16-19-9-4-6-11-22(19)26-24/h2-6,8-13,16,20,26H,1,7,14-15,17H2. The van der Waals surface area contributed by atoms with Gasteiger partial charge in [-0.15, -0.1) is 6.58 Å². The number of aromatic nitrogens is 2. The molecule has 0 saturated carbocycles. The minimum atomic E-state index is 0.368. The van der Waals surface area contributed by atoms with E-state index < -0.39 is 0 Å². The van der Waals surface area contributed by atoms with E-state index in [0.29, 0.717) is 6.04 Å². The van der Waals surface area contributed by atoms with E-state index in [-0.39, 0.29) is 0 Å². The molecule has 140 valence electrons. The van der Waals surface area contributed by atoms with E-state index in [1.54, 1.807) is 0 Å². The Morgan fingerprint density at radius 1 is 1.00 bits per heavy atom. The third-order valence-electron chi connectivity index (χ3n) is 5.65.